The second kappa shape index (κ2) is 7.77. The van der Waals surface area contributed by atoms with Crippen molar-refractivity contribution in [3.05, 3.63) is 67.5 Å². The molecule has 3 heterocycles. The zero-order chi connectivity index (χ0) is 21.6. The maximum Gasteiger partial charge on any atom is 0.262 e. The van der Waals surface area contributed by atoms with E-state index in [0.717, 1.165) is 37.8 Å². The maximum absolute atomic E-state index is 13.0. The highest BCUT2D eigenvalue weighted by molar-refractivity contribution is 7.18. The van der Waals surface area contributed by atoms with Gasteiger partial charge in [-0.1, -0.05) is 12.1 Å². The number of carbonyl (C=O) groups excluding carboxylic acids is 1. The molecule has 3 aromatic heterocycles. The fraction of sp³-hybridized carbons (Fsp3) is 0.273. The van der Waals surface area contributed by atoms with Crippen molar-refractivity contribution in [2.75, 3.05) is 4.90 Å². The van der Waals surface area contributed by atoms with Gasteiger partial charge in [-0.05, 0) is 50.5 Å². The van der Waals surface area contributed by atoms with Crippen molar-refractivity contribution in [3.8, 4) is 0 Å². The Kier molecular flexibility index (Phi) is 5.29. The average molecular weight is 439 g/mol. The molecule has 1 amide bonds. The summed E-state index contributed by atoms with van der Waals surface area (Å²) in [6, 6.07) is 5.89. The standard InChI is InChI=1S/C22H22N4O2S2/c1-12-7-6-8-18(13(12)2)26(16(5)27)22-24-17(10-29-22)9-25-11-23-20-19(21(25)28)14(3)15(4)30-20/h6-8,10-11H,9H2,1-5H3. The molecule has 8 heteroatoms. The van der Waals surface area contributed by atoms with E-state index in [9.17, 15) is 9.59 Å². The van der Waals surface area contributed by atoms with Gasteiger partial charge >= 0.3 is 0 Å². The molecular formula is C22H22N4O2S2. The highest BCUT2D eigenvalue weighted by Crippen LogP contribution is 2.32. The van der Waals surface area contributed by atoms with E-state index in [-0.39, 0.29) is 11.5 Å². The molecule has 0 radical (unpaired) electrons. The van der Waals surface area contributed by atoms with Gasteiger partial charge in [0.25, 0.3) is 5.56 Å². The van der Waals surface area contributed by atoms with Crippen LogP contribution < -0.4 is 10.5 Å². The molecule has 0 saturated heterocycles. The quantitative estimate of drug-likeness (QED) is 0.455. The summed E-state index contributed by atoms with van der Waals surface area (Å²) in [5, 5.41) is 3.16. The van der Waals surface area contributed by atoms with Crippen molar-refractivity contribution in [2.24, 2.45) is 0 Å². The maximum atomic E-state index is 13.0. The smallest absolute Gasteiger partial charge is 0.262 e. The van der Waals surface area contributed by atoms with Gasteiger partial charge in [0, 0.05) is 17.2 Å². The molecule has 0 aliphatic heterocycles. The highest BCUT2D eigenvalue weighted by Gasteiger charge is 2.21. The first-order chi connectivity index (χ1) is 14.3. The van der Waals surface area contributed by atoms with Gasteiger partial charge in [0.1, 0.15) is 4.83 Å². The molecule has 4 aromatic rings. The van der Waals surface area contributed by atoms with Crippen LogP contribution in [0.3, 0.4) is 0 Å². The number of benzene rings is 1. The third-order valence-corrected chi connectivity index (χ3v) is 7.34. The van der Waals surface area contributed by atoms with E-state index in [4.69, 9.17) is 0 Å². The van der Waals surface area contributed by atoms with Gasteiger partial charge in [-0.2, -0.15) is 0 Å². The van der Waals surface area contributed by atoms with E-state index in [0.29, 0.717) is 17.1 Å². The monoisotopic (exact) mass is 438 g/mol. The molecule has 4 rings (SSSR count). The number of thiophene rings is 1. The molecule has 1 aromatic carbocycles. The Hall–Kier alpha value is -2.84. The second-order valence-electron chi connectivity index (χ2n) is 7.34. The lowest BCUT2D eigenvalue weighted by Crippen LogP contribution is -2.24. The van der Waals surface area contributed by atoms with E-state index >= 15 is 0 Å². The molecule has 0 unspecified atom stereocenters. The third kappa shape index (κ3) is 3.46. The summed E-state index contributed by atoms with van der Waals surface area (Å²) in [4.78, 5) is 38.0. The van der Waals surface area contributed by atoms with Gasteiger partial charge in [-0.15, -0.1) is 22.7 Å². The predicted octanol–water partition coefficient (Wildman–Crippen LogP) is 4.88. The highest BCUT2D eigenvalue weighted by atomic mass is 32.1. The fourth-order valence-electron chi connectivity index (χ4n) is 3.41. The number of amides is 1. The lowest BCUT2D eigenvalue weighted by molar-refractivity contribution is -0.115. The van der Waals surface area contributed by atoms with Crippen molar-refractivity contribution in [2.45, 2.75) is 41.2 Å². The summed E-state index contributed by atoms with van der Waals surface area (Å²) in [5.74, 6) is -0.103. The van der Waals surface area contributed by atoms with Crippen LogP contribution in [-0.2, 0) is 11.3 Å². The molecule has 0 bridgehead atoms. The summed E-state index contributed by atoms with van der Waals surface area (Å²) in [7, 11) is 0. The Balaban J connectivity index is 1.70. The van der Waals surface area contributed by atoms with Crippen molar-refractivity contribution in [3.63, 3.8) is 0 Å². The molecule has 0 N–H and O–H groups in total. The van der Waals surface area contributed by atoms with Gasteiger partial charge in [0.2, 0.25) is 5.91 Å². The normalized spacial score (nSPS) is 11.2. The second-order valence-corrected chi connectivity index (χ2v) is 9.38. The SMILES string of the molecule is CC(=O)N(c1nc(Cn2cnc3sc(C)c(C)c3c2=O)cs1)c1cccc(C)c1C. The summed E-state index contributed by atoms with van der Waals surface area (Å²) < 4.78 is 1.58. The van der Waals surface area contributed by atoms with Crippen molar-refractivity contribution >= 4 is 49.6 Å². The lowest BCUT2D eigenvalue weighted by atomic mass is 10.1. The Morgan fingerprint density at radius 1 is 1.17 bits per heavy atom. The predicted molar refractivity (Wildman–Crippen MR) is 123 cm³/mol. The van der Waals surface area contributed by atoms with Crippen LogP contribution in [0, 0.1) is 27.7 Å². The number of carbonyl (C=O) groups is 1. The third-order valence-electron chi connectivity index (χ3n) is 5.35. The number of fused-ring (bicyclic) bond motifs is 1. The van der Waals surface area contributed by atoms with Crippen molar-refractivity contribution in [1.29, 1.82) is 0 Å². The lowest BCUT2D eigenvalue weighted by Gasteiger charge is -2.21. The van der Waals surface area contributed by atoms with E-state index < -0.39 is 0 Å². The molecule has 0 atom stereocenters. The minimum atomic E-state index is -0.103. The van der Waals surface area contributed by atoms with Crippen LogP contribution in [-0.4, -0.2) is 20.4 Å². The number of anilines is 2. The summed E-state index contributed by atoms with van der Waals surface area (Å²) in [6.45, 7) is 9.83. The Morgan fingerprint density at radius 3 is 2.67 bits per heavy atom. The first kappa shape index (κ1) is 20.4. The van der Waals surface area contributed by atoms with E-state index in [1.54, 1.807) is 15.8 Å². The van der Waals surface area contributed by atoms with Crippen LogP contribution in [0.2, 0.25) is 0 Å². The first-order valence-corrected chi connectivity index (χ1v) is 11.2. The summed E-state index contributed by atoms with van der Waals surface area (Å²) in [5.41, 5.74) is 4.63. The Labute approximate surface area is 182 Å². The number of aromatic nitrogens is 3. The molecular weight excluding hydrogens is 416 g/mol. The summed E-state index contributed by atoms with van der Waals surface area (Å²) in [6.07, 6.45) is 1.58. The Morgan fingerprint density at radius 2 is 1.93 bits per heavy atom. The van der Waals surface area contributed by atoms with Crippen LogP contribution in [0.25, 0.3) is 10.2 Å². The minimum Gasteiger partial charge on any atom is -0.293 e. The van der Waals surface area contributed by atoms with E-state index in [1.165, 1.54) is 29.6 Å². The van der Waals surface area contributed by atoms with Gasteiger partial charge in [0.15, 0.2) is 5.13 Å². The average Bonchev–Trinajstić information content (AvgIpc) is 3.26. The number of thiazole rings is 1. The van der Waals surface area contributed by atoms with Gasteiger partial charge in [-0.3, -0.25) is 19.1 Å². The number of nitrogens with zero attached hydrogens (tertiary/aromatic N) is 4. The Bertz CT molecular complexity index is 1330. The van der Waals surface area contributed by atoms with E-state index in [1.807, 2.05) is 51.3 Å². The van der Waals surface area contributed by atoms with Gasteiger partial charge in [0.05, 0.1) is 29.6 Å². The van der Waals surface area contributed by atoms with Crippen LogP contribution in [0.15, 0.2) is 34.7 Å². The number of hydrogen-bond acceptors (Lipinski definition) is 6. The number of hydrogen-bond donors (Lipinski definition) is 0. The van der Waals surface area contributed by atoms with Gasteiger partial charge < -0.3 is 0 Å². The van der Waals surface area contributed by atoms with Gasteiger partial charge in [-0.25, -0.2) is 9.97 Å². The molecule has 154 valence electrons. The van der Waals surface area contributed by atoms with Crippen molar-refractivity contribution < 1.29 is 4.79 Å². The molecule has 0 aliphatic carbocycles. The molecule has 0 fully saturated rings. The molecule has 0 spiro atoms. The van der Waals surface area contributed by atoms with Crippen molar-refractivity contribution in [1.82, 2.24) is 14.5 Å². The zero-order valence-electron chi connectivity index (χ0n) is 17.5. The largest absolute Gasteiger partial charge is 0.293 e. The first-order valence-electron chi connectivity index (χ1n) is 9.54. The number of rotatable bonds is 4. The molecule has 0 aliphatic rings. The fourth-order valence-corrected chi connectivity index (χ4v) is 5.27. The topological polar surface area (TPSA) is 68.1 Å². The minimum absolute atomic E-state index is 0.0608. The number of aryl methyl sites for hydroxylation is 3. The van der Waals surface area contributed by atoms with Crippen LogP contribution in [0.4, 0.5) is 10.8 Å². The molecule has 30 heavy (non-hydrogen) atoms. The van der Waals surface area contributed by atoms with Crippen LogP contribution >= 0.6 is 22.7 Å². The van der Waals surface area contributed by atoms with E-state index in [2.05, 4.69) is 9.97 Å². The molecule has 0 saturated carbocycles. The van der Waals surface area contributed by atoms with Crippen LogP contribution in [0.5, 0.6) is 0 Å². The zero-order valence-corrected chi connectivity index (χ0v) is 19.1. The molecule has 6 nitrogen and oxygen atoms in total. The van der Waals surface area contributed by atoms with Crippen LogP contribution in [0.1, 0.15) is 34.2 Å². The summed E-state index contributed by atoms with van der Waals surface area (Å²) >= 11 is 2.93.